The van der Waals surface area contributed by atoms with Gasteiger partial charge in [-0.1, -0.05) is 27.2 Å². The Morgan fingerprint density at radius 2 is 1.64 bits per heavy atom. The summed E-state index contributed by atoms with van der Waals surface area (Å²) in [5.41, 5.74) is 2.86. The summed E-state index contributed by atoms with van der Waals surface area (Å²) in [6.07, 6.45) is 1.82. The van der Waals surface area contributed by atoms with Gasteiger partial charge in [-0.2, -0.15) is 9.40 Å². The molecule has 1 aromatic carbocycles. The summed E-state index contributed by atoms with van der Waals surface area (Å²) in [4.78, 5) is 33.8. The first kappa shape index (κ1) is 37.3. The third-order valence-corrected chi connectivity index (χ3v) is 12.1. The zero-order valence-electron chi connectivity index (χ0n) is 28.6. The van der Waals surface area contributed by atoms with E-state index in [1.54, 1.807) is 21.3 Å². The van der Waals surface area contributed by atoms with Crippen LogP contribution in [0.15, 0.2) is 29.2 Å². The van der Waals surface area contributed by atoms with Crippen LogP contribution in [-0.2, 0) is 26.2 Å². The van der Waals surface area contributed by atoms with Crippen LogP contribution in [0, 0.1) is 19.8 Å². The molecule has 5 rings (SSSR count). The van der Waals surface area contributed by atoms with Crippen molar-refractivity contribution in [2.24, 2.45) is 5.92 Å². The van der Waals surface area contributed by atoms with E-state index in [2.05, 4.69) is 22.0 Å². The lowest BCUT2D eigenvalue weighted by atomic mass is 9.80. The molecular formula is C33H52ClN7O5S. The van der Waals surface area contributed by atoms with Gasteiger partial charge in [0.2, 0.25) is 21.8 Å². The van der Waals surface area contributed by atoms with Gasteiger partial charge in [0.25, 0.3) is 0 Å². The summed E-state index contributed by atoms with van der Waals surface area (Å²) < 4.78 is 29.8. The summed E-state index contributed by atoms with van der Waals surface area (Å²) in [6.45, 7) is 14.6. The van der Waals surface area contributed by atoms with Gasteiger partial charge in [0.1, 0.15) is 11.6 Å². The molecule has 1 spiro atoms. The molecular weight excluding hydrogens is 642 g/mol. The van der Waals surface area contributed by atoms with Crippen molar-refractivity contribution < 1.29 is 23.1 Å². The number of piperazine rings is 2. The van der Waals surface area contributed by atoms with Gasteiger partial charge < -0.3 is 20.2 Å². The highest BCUT2D eigenvalue weighted by molar-refractivity contribution is 7.89. The average Bonchev–Trinajstić information content (AvgIpc) is 3.32. The molecule has 2 atom stereocenters. The molecule has 3 fully saturated rings. The van der Waals surface area contributed by atoms with Gasteiger partial charge in [-0.15, -0.1) is 12.4 Å². The second-order valence-electron chi connectivity index (χ2n) is 13.6. The number of likely N-dealkylation sites (tertiary alicyclic amines) is 1. The number of unbranched alkanes of at least 4 members (excludes halogenated alkanes) is 1. The first-order valence-electron chi connectivity index (χ1n) is 16.7. The smallest absolute Gasteiger partial charge is 0.248 e. The van der Waals surface area contributed by atoms with Crippen LogP contribution in [0.1, 0.15) is 63.4 Å². The Morgan fingerprint density at radius 1 is 1.02 bits per heavy atom. The summed E-state index contributed by atoms with van der Waals surface area (Å²) in [5, 5.41) is 18.4. The second-order valence-corrected chi connectivity index (χ2v) is 15.5. The number of aliphatic hydroxyl groups is 1. The number of piperidine rings is 1. The van der Waals surface area contributed by atoms with E-state index >= 15 is 0 Å². The van der Waals surface area contributed by atoms with Gasteiger partial charge in [-0.05, 0) is 70.3 Å². The molecule has 262 valence electrons. The fourth-order valence-electron chi connectivity index (χ4n) is 6.99. The lowest BCUT2D eigenvalue weighted by Gasteiger charge is -2.52. The number of nitrogens with zero attached hydrogens (tertiary/aromatic N) is 6. The molecule has 47 heavy (non-hydrogen) atoms. The van der Waals surface area contributed by atoms with Crippen LogP contribution in [0.2, 0.25) is 0 Å². The first-order valence-corrected chi connectivity index (χ1v) is 18.1. The molecule has 2 aromatic rings. The number of aliphatic hydroxyl groups excluding tert-OH is 1. The number of hydrogen-bond donors (Lipinski definition) is 2. The minimum Gasteiger partial charge on any atom is -0.390 e. The van der Waals surface area contributed by atoms with E-state index in [9.17, 15) is 23.1 Å². The molecule has 14 heteroatoms. The molecule has 3 saturated heterocycles. The van der Waals surface area contributed by atoms with Crippen LogP contribution >= 0.6 is 12.4 Å². The van der Waals surface area contributed by atoms with Crippen molar-refractivity contribution in [3.63, 3.8) is 0 Å². The third kappa shape index (κ3) is 7.25. The van der Waals surface area contributed by atoms with Crippen LogP contribution in [0.5, 0.6) is 0 Å². The highest BCUT2D eigenvalue weighted by Gasteiger charge is 2.54. The summed E-state index contributed by atoms with van der Waals surface area (Å²) in [7, 11) is -1.55. The van der Waals surface area contributed by atoms with E-state index < -0.39 is 27.7 Å². The number of amides is 2. The van der Waals surface area contributed by atoms with Crippen molar-refractivity contribution in [3.05, 3.63) is 41.2 Å². The van der Waals surface area contributed by atoms with E-state index in [1.165, 1.54) is 0 Å². The number of rotatable bonds is 10. The third-order valence-electron chi connectivity index (χ3n) is 10.2. The largest absolute Gasteiger partial charge is 0.390 e. The number of nitrogens with one attached hydrogen (secondary N) is 1. The fraction of sp³-hybridized carbons (Fsp3) is 0.667. The number of sulfonamides is 1. The van der Waals surface area contributed by atoms with E-state index in [0.29, 0.717) is 52.1 Å². The van der Waals surface area contributed by atoms with Crippen LogP contribution in [0.3, 0.4) is 0 Å². The molecule has 0 unspecified atom stereocenters. The summed E-state index contributed by atoms with van der Waals surface area (Å²) in [6, 6.07) is 6.03. The maximum absolute atomic E-state index is 13.7. The Morgan fingerprint density at radius 3 is 2.21 bits per heavy atom. The van der Waals surface area contributed by atoms with Gasteiger partial charge in [0.05, 0.1) is 22.4 Å². The van der Waals surface area contributed by atoms with Crippen LogP contribution in [-0.4, -0.2) is 125 Å². The van der Waals surface area contributed by atoms with Crippen molar-refractivity contribution in [2.45, 2.75) is 89.4 Å². The molecule has 2 N–H and O–H groups in total. The minimum absolute atomic E-state index is 0. The molecule has 2 amide bonds. The number of carbonyl (C=O) groups excluding carboxylic acids is 2. The molecule has 0 bridgehead atoms. The van der Waals surface area contributed by atoms with Gasteiger partial charge in [0.15, 0.2) is 0 Å². The monoisotopic (exact) mass is 693 g/mol. The predicted molar refractivity (Wildman–Crippen MR) is 183 cm³/mol. The topological polar surface area (TPSA) is 131 Å². The maximum Gasteiger partial charge on any atom is 0.248 e. The lowest BCUT2D eigenvalue weighted by Crippen LogP contribution is -2.74. The van der Waals surface area contributed by atoms with Crippen molar-refractivity contribution in [1.82, 2.24) is 34.1 Å². The van der Waals surface area contributed by atoms with Gasteiger partial charge in [-0.25, -0.2) is 13.1 Å². The van der Waals surface area contributed by atoms with Gasteiger partial charge in [0, 0.05) is 63.6 Å². The van der Waals surface area contributed by atoms with Crippen LogP contribution in [0.4, 0.5) is 0 Å². The Labute approximate surface area is 285 Å². The number of aromatic nitrogens is 2. The van der Waals surface area contributed by atoms with E-state index in [0.717, 1.165) is 48.6 Å². The standard InChI is InChI=1S/C33H51N7O5S.ClH/c1-7-8-15-39-31(42)29(30(41)23(2)3)34-32(43)33(39)13-16-37(17-14-33)22-28-24(4)35-40(25(28)5)26-9-11-27(12-10-26)46(44,45)38-20-18-36(6)19-21-38;/h9-12,23,29-30,41H,7-8,13-22H2,1-6H3,(H,34,43);1H/t29-,30-;/m1./s1. The van der Waals surface area contributed by atoms with Crippen LogP contribution in [0.25, 0.3) is 5.69 Å². The van der Waals surface area contributed by atoms with Gasteiger partial charge >= 0.3 is 0 Å². The molecule has 3 aliphatic rings. The van der Waals surface area contributed by atoms with Crippen LogP contribution < -0.4 is 5.32 Å². The highest BCUT2D eigenvalue weighted by Crippen LogP contribution is 2.35. The molecule has 1 aromatic heterocycles. The van der Waals surface area contributed by atoms with Gasteiger partial charge in [-0.3, -0.25) is 14.5 Å². The van der Waals surface area contributed by atoms with Crippen molar-refractivity contribution in [2.75, 3.05) is 52.9 Å². The highest BCUT2D eigenvalue weighted by atomic mass is 35.5. The number of likely N-dealkylation sites (N-methyl/N-ethyl adjacent to an activating group) is 1. The Hall–Kier alpha value is -2.55. The number of hydrogen-bond acceptors (Lipinski definition) is 8. The van der Waals surface area contributed by atoms with E-state index in [-0.39, 0.29) is 35.0 Å². The first-order chi connectivity index (χ1) is 21.8. The normalized spacial score (nSPS) is 22.0. The quantitative estimate of drug-likeness (QED) is 0.388. The zero-order chi connectivity index (χ0) is 33.4. The van der Waals surface area contributed by atoms with E-state index in [4.69, 9.17) is 5.10 Å². The number of benzene rings is 1. The molecule has 0 aliphatic carbocycles. The number of aryl methyl sites for hydroxylation is 1. The Bertz CT molecular complexity index is 1510. The molecule has 0 radical (unpaired) electrons. The predicted octanol–water partition coefficient (Wildman–Crippen LogP) is 2.33. The second kappa shape index (κ2) is 14.9. The van der Waals surface area contributed by atoms with Crippen molar-refractivity contribution in [1.29, 1.82) is 0 Å². The average molecular weight is 694 g/mol. The molecule has 12 nitrogen and oxygen atoms in total. The Kier molecular flexibility index (Phi) is 11.8. The number of carbonyl (C=O) groups is 2. The Balaban J connectivity index is 0.00000500. The lowest BCUT2D eigenvalue weighted by molar-refractivity contribution is -0.165. The van der Waals surface area contributed by atoms with Crippen molar-refractivity contribution in [3.8, 4) is 5.69 Å². The summed E-state index contributed by atoms with van der Waals surface area (Å²) >= 11 is 0. The van der Waals surface area contributed by atoms with Crippen molar-refractivity contribution >= 4 is 34.2 Å². The summed E-state index contributed by atoms with van der Waals surface area (Å²) in [5.74, 6) is -0.498. The molecule has 3 aliphatic heterocycles. The fourth-order valence-corrected chi connectivity index (χ4v) is 8.41. The maximum atomic E-state index is 13.7. The SMILES string of the molecule is CCCCN1C(=O)[C@@H]([C@H](O)C(C)C)NC(=O)C12CCN(Cc1c(C)nn(-c3ccc(S(=O)(=O)N4CCN(C)CC4)cc3)c1C)CC2.Cl. The number of halogens is 1. The minimum atomic E-state index is -3.55. The van der Waals surface area contributed by atoms with E-state index in [1.807, 2.05) is 51.6 Å². The molecule has 4 heterocycles. The zero-order valence-corrected chi connectivity index (χ0v) is 30.2. The molecule has 0 saturated carbocycles.